The van der Waals surface area contributed by atoms with Crippen LogP contribution in [0.2, 0.25) is 0 Å². The third-order valence-electron chi connectivity index (χ3n) is 2.88. The molecule has 0 saturated carbocycles. The van der Waals surface area contributed by atoms with Gasteiger partial charge in [-0.1, -0.05) is 0 Å². The minimum absolute atomic E-state index is 0.475. The third-order valence-corrected chi connectivity index (χ3v) is 2.88. The molecule has 0 fully saturated rings. The number of nitrogens with two attached hydrogens (primary N) is 1. The van der Waals surface area contributed by atoms with Gasteiger partial charge in [0.1, 0.15) is 6.04 Å². The zero-order chi connectivity index (χ0) is 15.6. The molecule has 1 amide bonds. The molecular formula is C13H13F3N4O. The van der Waals surface area contributed by atoms with Gasteiger partial charge < -0.3 is 11.1 Å². The van der Waals surface area contributed by atoms with Crippen LogP contribution >= 0.6 is 0 Å². The molecular weight excluding hydrogens is 285 g/mol. The Labute approximate surface area is 118 Å². The summed E-state index contributed by atoms with van der Waals surface area (Å²) in [6.45, 7) is 1.46. The summed E-state index contributed by atoms with van der Waals surface area (Å²) >= 11 is 0. The van der Waals surface area contributed by atoms with Crippen LogP contribution < -0.4 is 11.1 Å². The Morgan fingerprint density at radius 1 is 1.33 bits per heavy atom. The summed E-state index contributed by atoms with van der Waals surface area (Å²) in [7, 11) is 0. The fourth-order valence-corrected chi connectivity index (χ4v) is 1.63. The molecule has 1 aromatic heterocycles. The van der Waals surface area contributed by atoms with Gasteiger partial charge in [0, 0.05) is 17.6 Å². The van der Waals surface area contributed by atoms with Gasteiger partial charge in [-0.25, -0.2) is 0 Å². The van der Waals surface area contributed by atoms with Gasteiger partial charge in [-0.3, -0.25) is 9.48 Å². The molecule has 0 aliphatic carbocycles. The number of amides is 1. The molecule has 1 unspecified atom stereocenters. The molecule has 2 aromatic rings. The van der Waals surface area contributed by atoms with Crippen LogP contribution in [0.3, 0.4) is 0 Å². The van der Waals surface area contributed by atoms with Crippen molar-refractivity contribution in [2.45, 2.75) is 19.1 Å². The number of aromatic nitrogens is 2. The summed E-state index contributed by atoms with van der Waals surface area (Å²) in [4.78, 5) is 12.0. The number of hydrogen-bond acceptors (Lipinski definition) is 3. The lowest BCUT2D eigenvalue weighted by atomic mass is 10.2. The first kappa shape index (κ1) is 14.9. The maximum atomic E-state index is 12.5. The molecule has 1 aromatic carbocycles. The molecule has 21 heavy (non-hydrogen) atoms. The first-order chi connectivity index (χ1) is 9.77. The van der Waals surface area contributed by atoms with Crippen molar-refractivity contribution in [3.8, 4) is 0 Å². The van der Waals surface area contributed by atoms with E-state index in [0.717, 1.165) is 10.9 Å². The molecule has 0 aliphatic heterocycles. The first-order valence-electron chi connectivity index (χ1n) is 6.05. The molecule has 2 rings (SSSR count). The standard InChI is InChI=1S/C13H13F3N4O/c1-8(20-7-9(6-18-20)13(14,15)16)12(21)19-11-4-2-10(17)3-5-11/h2-8H,17H2,1H3,(H,19,21). The predicted octanol–water partition coefficient (Wildman–Crippen LogP) is 2.68. The number of anilines is 2. The molecule has 0 bridgehead atoms. The maximum Gasteiger partial charge on any atom is 0.419 e. The van der Waals surface area contributed by atoms with Crippen LogP contribution in [-0.2, 0) is 11.0 Å². The van der Waals surface area contributed by atoms with Crippen molar-refractivity contribution in [2.75, 3.05) is 11.1 Å². The number of carbonyl (C=O) groups is 1. The number of halogens is 3. The minimum Gasteiger partial charge on any atom is -0.399 e. The fraction of sp³-hybridized carbons (Fsp3) is 0.231. The van der Waals surface area contributed by atoms with Crippen LogP contribution in [0, 0.1) is 0 Å². The van der Waals surface area contributed by atoms with E-state index in [2.05, 4.69) is 10.4 Å². The van der Waals surface area contributed by atoms with E-state index in [0.29, 0.717) is 17.6 Å². The van der Waals surface area contributed by atoms with Crippen LogP contribution in [0.25, 0.3) is 0 Å². The summed E-state index contributed by atoms with van der Waals surface area (Å²) in [5.74, 6) is -0.475. The second kappa shape index (κ2) is 5.47. The molecule has 5 nitrogen and oxygen atoms in total. The highest BCUT2D eigenvalue weighted by atomic mass is 19.4. The normalized spacial score (nSPS) is 13.0. The molecule has 3 N–H and O–H groups in total. The Morgan fingerprint density at radius 2 is 1.95 bits per heavy atom. The number of nitrogens with zero attached hydrogens (tertiary/aromatic N) is 2. The highest BCUT2D eigenvalue weighted by Gasteiger charge is 2.33. The van der Waals surface area contributed by atoms with Crippen molar-refractivity contribution >= 4 is 17.3 Å². The number of nitrogens with one attached hydrogen (secondary N) is 1. The molecule has 0 radical (unpaired) electrons. The quantitative estimate of drug-likeness (QED) is 0.856. The SMILES string of the molecule is CC(C(=O)Nc1ccc(N)cc1)n1cc(C(F)(F)F)cn1. The van der Waals surface area contributed by atoms with Crippen LogP contribution in [0.1, 0.15) is 18.5 Å². The number of carbonyl (C=O) groups excluding carboxylic acids is 1. The lowest BCUT2D eigenvalue weighted by molar-refractivity contribution is -0.137. The van der Waals surface area contributed by atoms with E-state index in [1.54, 1.807) is 24.3 Å². The summed E-state index contributed by atoms with van der Waals surface area (Å²) in [6, 6.07) is 5.54. The second-order valence-corrected chi connectivity index (χ2v) is 4.49. The fourth-order valence-electron chi connectivity index (χ4n) is 1.63. The second-order valence-electron chi connectivity index (χ2n) is 4.49. The van der Waals surface area contributed by atoms with Gasteiger partial charge in [0.2, 0.25) is 5.91 Å². The van der Waals surface area contributed by atoms with Crippen molar-refractivity contribution in [3.05, 3.63) is 42.2 Å². The number of benzene rings is 1. The van der Waals surface area contributed by atoms with Crippen LogP contribution in [0.4, 0.5) is 24.5 Å². The van der Waals surface area contributed by atoms with Crippen LogP contribution in [-0.4, -0.2) is 15.7 Å². The smallest absolute Gasteiger partial charge is 0.399 e. The molecule has 8 heteroatoms. The third kappa shape index (κ3) is 3.53. The summed E-state index contributed by atoms with van der Waals surface area (Å²) in [6.07, 6.45) is -2.99. The van der Waals surface area contributed by atoms with Gasteiger partial charge in [0.15, 0.2) is 0 Å². The minimum atomic E-state index is -4.48. The lowest BCUT2D eigenvalue weighted by Gasteiger charge is -2.13. The number of nitrogen functional groups attached to an aromatic ring is 1. The van der Waals surface area contributed by atoms with Crippen molar-refractivity contribution < 1.29 is 18.0 Å². The van der Waals surface area contributed by atoms with Gasteiger partial charge in [0.05, 0.1) is 11.8 Å². The van der Waals surface area contributed by atoms with Crippen LogP contribution in [0.5, 0.6) is 0 Å². The van der Waals surface area contributed by atoms with Gasteiger partial charge in [-0.15, -0.1) is 0 Å². The highest BCUT2D eigenvalue weighted by molar-refractivity contribution is 5.93. The summed E-state index contributed by atoms with van der Waals surface area (Å²) in [5, 5.41) is 6.15. The van der Waals surface area contributed by atoms with Crippen molar-refractivity contribution in [2.24, 2.45) is 0 Å². The Bertz CT molecular complexity index is 634. The van der Waals surface area contributed by atoms with E-state index in [4.69, 9.17) is 5.73 Å². The average molecular weight is 298 g/mol. The first-order valence-corrected chi connectivity index (χ1v) is 6.05. The molecule has 1 atom stereocenters. The van der Waals surface area contributed by atoms with E-state index >= 15 is 0 Å². The van der Waals surface area contributed by atoms with Crippen molar-refractivity contribution in [3.63, 3.8) is 0 Å². The highest BCUT2D eigenvalue weighted by Crippen LogP contribution is 2.29. The van der Waals surface area contributed by atoms with E-state index in [9.17, 15) is 18.0 Å². The van der Waals surface area contributed by atoms with Gasteiger partial charge in [-0.2, -0.15) is 18.3 Å². The lowest BCUT2D eigenvalue weighted by Crippen LogP contribution is -2.24. The molecule has 0 saturated heterocycles. The Hall–Kier alpha value is -2.51. The monoisotopic (exact) mass is 298 g/mol. The molecule has 0 aliphatic rings. The topological polar surface area (TPSA) is 72.9 Å². The van der Waals surface area contributed by atoms with Gasteiger partial charge in [-0.05, 0) is 31.2 Å². The Balaban J connectivity index is 2.08. The van der Waals surface area contributed by atoms with Crippen LogP contribution in [0.15, 0.2) is 36.7 Å². The van der Waals surface area contributed by atoms with Crippen molar-refractivity contribution in [1.29, 1.82) is 0 Å². The van der Waals surface area contributed by atoms with Gasteiger partial charge >= 0.3 is 6.18 Å². The zero-order valence-electron chi connectivity index (χ0n) is 11.1. The average Bonchev–Trinajstić information content (AvgIpc) is 2.90. The zero-order valence-corrected chi connectivity index (χ0v) is 11.1. The summed E-state index contributed by atoms with van der Waals surface area (Å²) < 4.78 is 38.4. The number of alkyl halides is 3. The van der Waals surface area contributed by atoms with E-state index in [-0.39, 0.29) is 0 Å². The summed E-state index contributed by atoms with van der Waals surface area (Å²) in [5.41, 5.74) is 5.67. The maximum absolute atomic E-state index is 12.5. The van der Waals surface area contributed by atoms with Crippen molar-refractivity contribution in [1.82, 2.24) is 9.78 Å². The molecule has 1 heterocycles. The van der Waals surface area contributed by atoms with E-state index in [1.165, 1.54) is 6.92 Å². The van der Waals surface area contributed by atoms with Gasteiger partial charge in [0.25, 0.3) is 0 Å². The largest absolute Gasteiger partial charge is 0.419 e. The Morgan fingerprint density at radius 3 is 2.48 bits per heavy atom. The predicted molar refractivity (Wildman–Crippen MR) is 71.4 cm³/mol. The van der Waals surface area contributed by atoms with E-state index in [1.807, 2.05) is 0 Å². The molecule has 0 spiro atoms. The molecule has 112 valence electrons. The number of hydrogen-bond donors (Lipinski definition) is 2. The number of rotatable bonds is 3. The van der Waals surface area contributed by atoms with E-state index < -0.39 is 23.7 Å². The Kier molecular flexibility index (Phi) is 3.88.